The molecule has 0 fully saturated rings. The highest BCUT2D eigenvalue weighted by atomic mass is 16.6. The summed E-state index contributed by atoms with van der Waals surface area (Å²) in [6.45, 7) is 3.14. The number of ether oxygens (including phenoxy) is 1. The monoisotopic (exact) mass is 393 g/mol. The number of benzene rings is 3. The third-order valence-electron chi connectivity index (χ3n) is 4.37. The van der Waals surface area contributed by atoms with Gasteiger partial charge in [0.25, 0.3) is 17.5 Å². The van der Waals surface area contributed by atoms with Crippen molar-refractivity contribution >= 4 is 28.3 Å². The summed E-state index contributed by atoms with van der Waals surface area (Å²) >= 11 is 0. The molecule has 3 aromatic rings. The van der Waals surface area contributed by atoms with Gasteiger partial charge in [0, 0.05) is 17.7 Å². The highest BCUT2D eigenvalue weighted by Gasteiger charge is 2.18. The lowest BCUT2D eigenvalue weighted by Gasteiger charge is -2.16. The van der Waals surface area contributed by atoms with Crippen molar-refractivity contribution in [2.75, 3.05) is 0 Å². The fourth-order valence-corrected chi connectivity index (χ4v) is 2.80. The first-order valence-electron chi connectivity index (χ1n) is 8.86. The van der Waals surface area contributed by atoms with Crippen LogP contribution in [0.3, 0.4) is 0 Å². The molecule has 0 radical (unpaired) electrons. The van der Waals surface area contributed by atoms with Crippen molar-refractivity contribution in [2.24, 2.45) is 0 Å². The Hall–Kier alpha value is -3.94. The van der Waals surface area contributed by atoms with Crippen LogP contribution in [0.4, 0.5) is 5.69 Å². The van der Waals surface area contributed by atoms with Gasteiger partial charge in [-0.05, 0) is 48.4 Å². The summed E-state index contributed by atoms with van der Waals surface area (Å²) in [7, 11) is 0. The largest absolute Gasteiger partial charge is 0.481 e. The molecule has 29 heavy (non-hydrogen) atoms. The molecule has 0 bridgehead atoms. The molecule has 1 atom stereocenters. The number of aryl methyl sites for hydroxylation is 1. The van der Waals surface area contributed by atoms with E-state index in [2.05, 4.69) is 10.9 Å². The lowest BCUT2D eigenvalue weighted by Crippen LogP contribution is -2.47. The summed E-state index contributed by atoms with van der Waals surface area (Å²) < 4.78 is 5.65. The van der Waals surface area contributed by atoms with Crippen LogP contribution < -0.4 is 15.6 Å². The number of nitro benzene ring substituents is 1. The maximum Gasteiger partial charge on any atom is 0.279 e. The number of carbonyl (C=O) groups is 2. The molecule has 2 N–H and O–H groups in total. The Morgan fingerprint density at radius 2 is 1.72 bits per heavy atom. The van der Waals surface area contributed by atoms with Crippen molar-refractivity contribution in [3.8, 4) is 5.75 Å². The summed E-state index contributed by atoms with van der Waals surface area (Å²) in [5.74, 6) is -0.585. The molecule has 3 rings (SSSR count). The lowest BCUT2D eigenvalue weighted by molar-refractivity contribution is -0.384. The number of carbonyl (C=O) groups excluding carboxylic acids is 2. The van der Waals surface area contributed by atoms with Crippen molar-refractivity contribution in [3.63, 3.8) is 0 Å². The van der Waals surface area contributed by atoms with Gasteiger partial charge in [0.15, 0.2) is 6.10 Å². The van der Waals surface area contributed by atoms with E-state index in [1.54, 1.807) is 19.9 Å². The Morgan fingerprint density at radius 3 is 2.41 bits per heavy atom. The minimum absolute atomic E-state index is 0.111. The molecule has 8 nitrogen and oxygen atoms in total. The zero-order valence-corrected chi connectivity index (χ0v) is 15.8. The van der Waals surface area contributed by atoms with E-state index in [1.165, 1.54) is 18.2 Å². The summed E-state index contributed by atoms with van der Waals surface area (Å²) in [6.07, 6.45) is -0.852. The number of hydrogen-bond donors (Lipinski definition) is 2. The van der Waals surface area contributed by atoms with Crippen molar-refractivity contribution < 1.29 is 19.2 Å². The van der Waals surface area contributed by atoms with E-state index in [9.17, 15) is 19.7 Å². The molecule has 148 valence electrons. The van der Waals surface area contributed by atoms with Crippen LogP contribution in [0.5, 0.6) is 5.75 Å². The predicted octanol–water partition coefficient (Wildman–Crippen LogP) is 3.28. The number of nitrogens with one attached hydrogen (secondary N) is 2. The molecule has 2 amide bonds. The summed E-state index contributed by atoms with van der Waals surface area (Å²) in [4.78, 5) is 34.7. The van der Waals surface area contributed by atoms with Gasteiger partial charge in [-0.2, -0.15) is 0 Å². The average molecular weight is 393 g/mol. The molecule has 3 aromatic carbocycles. The zero-order valence-electron chi connectivity index (χ0n) is 15.8. The molecule has 0 saturated carbocycles. The first-order valence-corrected chi connectivity index (χ1v) is 8.86. The summed E-state index contributed by atoms with van der Waals surface area (Å²) in [5, 5.41) is 12.8. The van der Waals surface area contributed by atoms with Crippen LogP contribution in [-0.2, 0) is 4.79 Å². The molecule has 0 aliphatic rings. The van der Waals surface area contributed by atoms with E-state index < -0.39 is 22.8 Å². The van der Waals surface area contributed by atoms with Crippen LogP contribution in [0.15, 0.2) is 60.7 Å². The molecule has 8 heteroatoms. The standard InChI is InChI=1S/C21H19N3O5/c1-13-11-17(24(27)28)8-10-19(13)21(26)23-22-20(25)14(2)29-18-9-7-15-5-3-4-6-16(15)12-18/h3-12,14H,1-2H3,(H,22,25)(H,23,26). The molecule has 0 aliphatic carbocycles. The molecular formula is C21H19N3O5. The Kier molecular flexibility index (Phi) is 5.73. The summed E-state index contributed by atoms with van der Waals surface area (Å²) in [5.41, 5.74) is 5.13. The first-order chi connectivity index (χ1) is 13.8. The van der Waals surface area contributed by atoms with Crippen molar-refractivity contribution in [1.82, 2.24) is 10.9 Å². The Labute approximate surface area is 166 Å². The normalized spacial score (nSPS) is 11.5. The highest BCUT2D eigenvalue weighted by molar-refractivity contribution is 5.97. The predicted molar refractivity (Wildman–Crippen MR) is 107 cm³/mol. The summed E-state index contributed by atoms with van der Waals surface area (Å²) in [6, 6.07) is 17.1. The molecule has 0 spiro atoms. The van der Waals surface area contributed by atoms with E-state index in [1.807, 2.05) is 36.4 Å². The van der Waals surface area contributed by atoms with Gasteiger partial charge in [-0.15, -0.1) is 0 Å². The highest BCUT2D eigenvalue weighted by Crippen LogP contribution is 2.21. The minimum Gasteiger partial charge on any atom is -0.481 e. The van der Waals surface area contributed by atoms with Crippen molar-refractivity contribution in [2.45, 2.75) is 20.0 Å². The SMILES string of the molecule is Cc1cc([N+](=O)[O-])ccc1C(=O)NNC(=O)C(C)Oc1ccc2ccccc2c1. The number of hydrogen-bond acceptors (Lipinski definition) is 5. The van der Waals surface area contributed by atoms with E-state index in [4.69, 9.17) is 4.74 Å². The van der Waals surface area contributed by atoms with E-state index in [0.717, 1.165) is 10.8 Å². The second-order valence-corrected chi connectivity index (χ2v) is 6.47. The van der Waals surface area contributed by atoms with Crippen molar-refractivity contribution in [1.29, 1.82) is 0 Å². The van der Waals surface area contributed by atoms with E-state index in [-0.39, 0.29) is 11.3 Å². The lowest BCUT2D eigenvalue weighted by atomic mass is 10.1. The first kappa shape index (κ1) is 19.8. The van der Waals surface area contributed by atoms with Gasteiger partial charge in [-0.3, -0.25) is 30.6 Å². The zero-order chi connectivity index (χ0) is 21.0. The Bertz CT molecular complexity index is 1100. The molecule has 1 unspecified atom stereocenters. The van der Waals surface area contributed by atoms with Crippen LogP contribution in [0, 0.1) is 17.0 Å². The van der Waals surface area contributed by atoms with Gasteiger partial charge in [0.1, 0.15) is 5.75 Å². The number of nitrogens with zero attached hydrogens (tertiary/aromatic N) is 1. The molecule has 0 aromatic heterocycles. The average Bonchev–Trinajstić information content (AvgIpc) is 2.71. The number of non-ortho nitro benzene ring substituents is 1. The van der Waals surface area contributed by atoms with Crippen LogP contribution in [-0.4, -0.2) is 22.8 Å². The van der Waals surface area contributed by atoms with E-state index in [0.29, 0.717) is 11.3 Å². The second-order valence-electron chi connectivity index (χ2n) is 6.47. The van der Waals surface area contributed by atoms with Gasteiger partial charge in [0.05, 0.1) is 4.92 Å². The fourth-order valence-electron chi connectivity index (χ4n) is 2.80. The topological polar surface area (TPSA) is 111 Å². The van der Waals surface area contributed by atoms with Crippen LogP contribution in [0.2, 0.25) is 0 Å². The number of hydrazine groups is 1. The van der Waals surface area contributed by atoms with Gasteiger partial charge in [-0.25, -0.2) is 0 Å². The van der Waals surface area contributed by atoms with Gasteiger partial charge >= 0.3 is 0 Å². The third-order valence-corrected chi connectivity index (χ3v) is 4.37. The van der Waals surface area contributed by atoms with Crippen LogP contribution in [0.25, 0.3) is 10.8 Å². The van der Waals surface area contributed by atoms with Crippen molar-refractivity contribution in [3.05, 3.63) is 81.9 Å². The van der Waals surface area contributed by atoms with E-state index >= 15 is 0 Å². The number of amides is 2. The van der Waals surface area contributed by atoms with Gasteiger partial charge < -0.3 is 4.74 Å². The minimum atomic E-state index is -0.852. The third kappa shape index (κ3) is 4.67. The molecule has 0 aliphatic heterocycles. The molecule has 0 saturated heterocycles. The second kappa shape index (κ2) is 8.39. The molecular weight excluding hydrogens is 374 g/mol. The fraction of sp³-hybridized carbons (Fsp3) is 0.143. The maximum atomic E-state index is 12.2. The van der Waals surface area contributed by atoms with Gasteiger partial charge in [0.2, 0.25) is 0 Å². The number of rotatable bonds is 5. The smallest absolute Gasteiger partial charge is 0.279 e. The van der Waals surface area contributed by atoms with Crippen LogP contribution >= 0.6 is 0 Å². The molecule has 0 heterocycles. The maximum absolute atomic E-state index is 12.2. The Balaban J connectivity index is 1.59. The van der Waals surface area contributed by atoms with Gasteiger partial charge in [-0.1, -0.05) is 30.3 Å². The quantitative estimate of drug-likeness (QED) is 0.510. The number of nitro groups is 1. The van der Waals surface area contributed by atoms with Crippen LogP contribution in [0.1, 0.15) is 22.8 Å². The number of fused-ring (bicyclic) bond motifs is 1. The Morgan fingerprint density at radius 1 is 1.00 bits per heavy atom.